The Morgan fingerprint density at radius 1 is 0.714 bits per heavy atom. The van der Waals surface area contributed by atoms with Gasteiger partial charge in [-0.3, -0.25) is 9.59 Å². The monoisotopic (exact) mass is 812 g/mol. The zero-order valence-electron chi connectivity index (χ0n) is 33.8. The van der Waals surface area contributed by atoms with E-state index in [4.69, 9.17) is 0 Å². The number of sulfonamides is 2. The number of nitrogens with zero attached hydrogens (tertiary/aromatic N) is 4. The van der Waals surface area contributed by atoms with Gasteiger partial charge >= 0.3 is 0 Å². The highest BCUT2D eigenvalue weighted by molar-refractivity contribution is 7.89. The number of aryl methyl sites for hydroxylation is 3. The standard InChI is InChI=1S/C20H24N4O3S.C18H22N4O3S.C2H6.4H2/c1-20(2,3)15-7-8-16(22-18(15)28(26,27)23-12-5-6-12)14-11-24(4)19(25)17-13(14)9-10-21-17;1-11-6-7-14(20-16(11)26(24,25)21-18(2,3)4)13-10-22(5)17(23)15-12(13)8-9-19-15;1-2;;;;/h7-12,21,23H,5-6H2,1-4H3;6-10,19,21H,1-5H3;1-2H3;4*1H. The highest BCUT2D eigenvalue weighted by Gasteiger charge is 2.33. The van der Waals surface area contributed by atoms with Crippen molar-refractivity contribution in [3.63, 3.8) is 0 Å². The van der Waals surface area contributed by atoms with Crippen LogP contribution in [-0.2, 0) is 39.6 Å². The molecule has 1 fully saturated rings. The summed E-state index contributed by atoms with van der Waals surface area (Å²) in [6.45, 7) is 16.9. The van der Waals surface area contributed by atoms with Crippen molar-refractivity contribution in [3.8, 4) is 22.5 Å². The molecule has 1 aliphatic rings. The van der Waals surface area contributed by atoms with Crippen LogP contribution in [0.15, 0.2) is 80.8 Å². The molecule has 6 aromatic rings. The maximum atomic E-state index is 13.0. The van der Waals surface area contributed by atoms with Crippen LogP contribution < -0.4 is 20.6 Å². The van der Waals surface area contributed by atoms with Gasteiger partial charge in [0, 0.05) is 78.1 Å². The van der Waals surface area contributed by atoms with Crippen molar-refractivity contribution in [3.05, 3.63) is 93.0 Å². The van der Waals surface area contributed by atoms with E-state index < -0.39 is 25.6 Å². The van der Waals surface area contributed by atoms with Crippen LogP contribution in [0.4, 0.5) is 0 Å². The molecule has 0 atom stereocenters. The molecule has 0 bridgehead atoms. The van der Waals surface area contributed by atoms with Crippen LogP contribution in [0.2, 0.25) is 0 Å². The molecule has 0 saturated heterocycles. The maximum absolute atomic E-state index is 13.0. The van der Waals surface area contributed by atoms with Gasteiger partial charge in [0.25, 0.3) is 31.2 Å². The minimum absolute atomic E-state index is 0. The Kier molecular flexibility index (Phi) is 11.7. The lowest BCUT2D eigenvalue weighted by atomic mass is 9.88. The number of H-pyrrole nitrogens is 2. The fourth-order valence-corrected chi connectivity index (χ4v) is 9.45. The summed E-state index contributed by atoms with van der Waals surface area (Å²) < 4.78 is 59.9. The molecular formula is C40H60N8O6S2. The van der Waals surface area contributed by atoms with Gasteiger partial charge in [0.05, 0.1) is 11.4 Å². The number of hydrogen-bond acceptors (Lipinski definition) is 8. The summed E-state index contributed by atoms with van der Waals surface area (Å²) in [5.41, 5.74) is 3.28. The predicted octanol–water partition coefficient (Wildman–Crippen LogP) is 6.99. The molecule has 308 valence electrons. The molecule has 0 unspecified atom stereocenters. The van der Waals surface area contributed by atoms with Gasteiger partial charge < -0.3 is 19.1 Å². The third-order valence-electron chi connectivity index (χ3n) is 8.91. The van der Waals surface area contributed by atoms with Gasteiger partial charge in [-0.15, -0.1) is 0 Å². The van der Waals surface area contributed by atoms with E-state index in [1.165, 1.54) is 9.13 Å². The molecule has 0 radical (unpaired) electrons. The fraction of sp³-hybridized carbons (Fsp3) is 0.400. The second-order valence-electron chi connectivity index (χ2n) is 15.8. The number of fused-ring (bicyclic) bond motifs is 2. The molecule has 4 N–H and O–H groups in total. The third kappa shape index (κ3) is 8.88. The highest BCUT2D eigenvalue weighted by Crippen LogP contribution is 2.33. The average Bonchev–Trinajstić information content (AvgIpc) is 3.54. The van der Waals surface area contributed by atoms with Crippen molar-refractivity contribution in [2.75, 3.05) is 0 Å². The van der Waals surface area contributed by atoms with E-state index in [2.05, 4.69) is 29.4 Å². The fourth-order valence-electron chi connectivity index (χ4n) is 6.17. The minimum Gasteiger partial charge on any atom is -0.357 e. The van der Waals surface area contributed by atoms with E-state index in [-0.39, 0.29) is 38.3 Å². The SMILES string of the molecule is CC.Cc1ccc(-c2cn(C)c(=O)c3[nH]ccc23)nc1S(=O)(=O)NC(C)(C)C.Cn1cc(-c2ccc(C(C)(C)C)c(S(=O)(=O)NC3CC3)n2)c2cc[nH]c2c1=O.[HH].[HH].[HH].[HH]. The smallest absolute Gasteiger partial charge is 0.274 e. The molecule has 6 heterocycles. The van der Waals surface area contributed by atoms with Gasteiger partial charge in [0.1, 0.15) is 11.0 Å². The van der Waals surface area contributed by atoms with Gasteiger partial charge in [-0.25, -0.2) is 36.2 Å². The van der Waals surface area contributed by atoms with Crippen LogP contribution in [0.25, 0.3) is 44.3 Å². The summed E-state index contributed by atoms with van der Waals surface area (Å²) in [6, 6.07) is 10.7. The van der Waals surface area contributed by atoms with Crippen LogP contribution in [0, 0.1) is 6.92 Å². The van der Waals surface area contributed by atoms with E-state index in [1.54, 1.807) is 84.8 Å². The van der Waals surface area contributed by atoms with E-state index in [0.717, 1.165) is 18.2 Å². The largest absolute Gasteiger partial charge is 0.357 e. The average molecular weight is 813 g/mol. The summed E-state index contributed by atoms with van der Waals surface area (Å²) in [5, 5.41) is 1.47. The second-order valence-corrected chi connectivity index (χ2v) is 19.0. The van der Waals surface area contributed by atoms with Crippen LogP contribution in [-0.4, -0.2) is 57.5 Å². The van der Waals surface area contributed by atoms with Crippen molar-refractivity contribution in [2.45, 2.75) is 102 Å². The first-order chi connectivity index (χ1) is 26.1. The Labute approximate surface area is 333 Å². The van der Waals surface area contributed by atoms with Crippen molar-refractivity contribution < 1.29 is 22.5 Å². The first-order valence-electron chi connectivity index (χ1n) is 18.5. The first kappa shape index (κ1) is 42.2. The lowest BCUT2D eigenvalue weighted by molar-refractivity contribution is 0.489. The lowest BCUT2D eigenvalue weighted by Crippen LogP contribution is -2.41. The third-order valence-corrected chi connectivity index (χ3v) is 12.2. The Balaban J connectivity index is 0.000000543. The normalized spacial score (nSPS) is 13.6. The van der Waals surface area contributed by atoms with Crippen molar-refractivity contribution in [1.29, 1.82) is 0 Å². The lowest BCUT2D eigenvalue weighted by Gasteiger charge is -2.23. The molecule has 1 aliphatic carbocycles. The summed E-state index contributed by atoms with van der Waals surface area (Å²) in [4.78, 5) is 39.4. The second kappa shape index (κ2) is 15.6. The number of hydrogen-bond donors (Lipinski definition) is 4. The molecule has 16 heteroatoms. The van der Waals surface area contributed by atoms with Crippen molar-refractivity contribution >= 4 is 41.9 Å². The molecule has 7 rings (SSSR count). The number of nitrogens with one attached hydrogen (secondary N) is 4. The Bertz CT molecular complexity index is 2780. The van der Waals surface area contributed by atoms with E-state index in [1.807, 2.05) is 52.8 Å². The Morgan fingerprint density at radius 2 is 1.18 bits per heavy atom. The summed E-state index contributed by atoms with van der Waals surface area (Å²) in [7, 11) is -4.19. The molecular weight excluding hydrogens is 753 g/mol. The number of aromatic amines is 2. The van der Waals surface area contributed by atoms with Gasteiger partial charge in [-0.2, -0.15) is 0 Å². The molecule has 0 spiro atoms. The molecule has 1 saturated carbocycles. The molecule has 0 aliphatic heterocycles. The van der Waals surface area contributed by atoms with Gasteiger partial charge in [0.15, 0.2) is 10.1 Å². The van der Waals surface area contributed by atoms with E-state index in [9.17, 15) is 26.4 Å². The van der Waals surface area contributed by atoms with Gasteiger partial charge in [0.2, 0.25) is 0 Å². The predicted molar refractivity (Wildman–Crippen MR) is 230 cm³/mol. The van der Waals surface area contributed by atoms with Crippen LogP contribution in [0.5, 0.6) is 0 Å². The first-order valence-corrected chi connectivity index (χ1v) is 21.4. The zero-order chi connectivity index (χ0) is 41.5. The summed E-state index contributed by atoms with van der Waals surface area (Å²) in [5.74, 6) is 0. The molecule has 56 heavy (non-hydrogen) atoms. The molecule has 14 nitrogen and oxygen atoms in total. The summed E-state index contributed by atoms with van der Waals surface area (Å²) >= 11 is 0. The van der Waals surface area contributed by atoms with Crippen molar-refractivity contribution in [2.24, 2.45) is 14.1 Å². The molecule has 0 amide bonds. The minimum atomic E-state index is -3.77. The number of pyridine rings is 4. The number of aromatic nitrogens is 6. The summed E-state index contributed by atoms with van der Waals surface area (Å²) in [6.07, 6.45) is 8.46. The molecule has 0 aromatic carbocycles. The van der Waals surface area contributed by atoms with E-state index >= 15 is 0 Å². The van der Waals surface area contributed by atoms with Gasteiger partial charge in [-0.05, 0) is 81.3 Å². The Morgan fingerprint density at radius 3 is 1.62 bits per heavy atom. The van der Waals surface area contributed by atoms with Crippen LogP contribution in [0.3, 0.4) is 0 Å². The zero-order valence-corrected chi connectivity index (χ0v) is 35.5. The van der Waals surface area contributed by atoms with Crippen molar-refractivity contribution in [1.82, 2.24) is 38.5 Å². The topological polar surface area (TPSA) is 194 Å². The maximum Gasteiger partial charge on any atom is 0.274 e. The van der Waals surface area contributed by atoms with Crippen LogP contribution >= 0.6 is 0 Å². The molecule has 6 aromatic heterocycles. The highest BCUT2D eigenvalue weighted by atomic mass is 32.2. The number of rotatable bonds is 7. The van der Waals surface area contributed by atoms with Crippen LogP contribution in [0.1, 0.15) is 85.1 Å². The quantitative estimate of drug-likeness (QED) is 0.132. The van der Waals surface area contributed by atoms with Gasteiger partial charge in [-0.1, -0.05) is 46.8 Å². The van der Waals surface area contributed by atoms with E-state index in [0.29, 0.717) is 50.1 Å². The Hall–Kier alpha value is -4.90.